The molecule has 0 unspecified atom stereocenters. The van der Waals surface area contributed by atoms with Gasteiger partial charge in [-0.15, -0.1) is 0 Å². The van der Waals surface area contributed by atoms with Gasteiger partial charge in [0, 0.05) is 31.9 Å². The fourth-order valence-corrected chi connectivity index (χ4v) is 3.22. The third-order valence-corrected chi connectivity index (χ3v) is 4.76. The monoisotopic (exact) mass is 377 g/mol. The summed E-state index contributed by atoms with van der Waals surface area (Å²) in [6.45, 7) is 4.92. The molecule has 1 N–H and O–H groups in total. The summed E-state index contributed by atoms with van der Waals surface area (Å²) in [5, 5.41) is 4.43. The predicted octanol–water partition coefficient (Wildman–Crippen LogP) is 3.27. The van der Waals surface area contributed by atoms with Crippen molar-refractivity contribution in [1.29, 1.82) is 0 Å². The Morgan fingerprint density at radius 3 is 2.43 bits per heavy atom. The zero-order valence-corrected chi connectivity index (χ0v) is 16.2. The van der Waals surface area contributed by atoms with E-state index in [1.165, 1.54) is 16.8 Å². The largest absolute Gasteiger partial charge is 0.339 e. The fraction of sp³-hybridized carbons (Fsp3) is 0.227. The number of rotatable bonds is 5. The number of aromatic nitrogens is 1. The van der Waals surface area contributed by atoms with Gasteiger partial charge in [0.2, 0.25) is 0 Å². The van der Waals surface area contributed by atoms with Crippen molar-refractivity contribution < 1.29 is 9.59 Å². The van der Waals surface area contributed by atoms with E-state index in [9.17, 15) is 14.4 Å². The molecule has 0 spiro atoms. The fourth-order valence-electron chi connectivity index (χ4n) is 3.22. The average Bonchev–Trinajstić information content (AvgIpc) is 2.71. The van der Waals surface area contributed by atoms with Gasteiger partial charge < -0.3 is 14.8 Å². The molecule has 3 aromatic rings. The molecule has 6 heteroatoms. The van der Waals surface area contributed by atoms with Crippen LogP contribution in [0.3, 0.4) is 0 Å². The van der Waals surface area contributed by atoms with Gasteiger partial charge in [-0.2, -0.15) is 0 Å². The highest BCUT2D eigenvalue weighted by molar-refractivity contribution is 6.13. The Morgan fingerprint density at radius 2 is 1.71 bits per heavy atom. The van der Waals surface area contributed by atoms with Crippen molar-refractivity contribution >= 4 is 28.3 Å². The number of aryl methyl sites for hydroxylation is 1. The Kier molecular flexibility index (Phi) is 5.59. The molecule has 0 aliphatic carbocycles. The molecule has 1 aromatic heterocycles. The lowest BCUT2D eigenvalue weighted by atomic mass is 10.0. The van der Waals surface area contributed by atoms with Crippen LogP contribution in [-0.4, -0.2) is 34.4 Å². The second-order valence-electron chi connectivity index (χ2n) is 6.52. The Hall–Kier alpha value is -3.41. The second kappa shape index (κ2) is 8.08. The van der Waals surface area contributed by atoms with Crippen LogP contribution in [0, 0.1) is 0 Å². The number of fused-ring (bicyclic) bond motifs is 1. The summed E-state index contributed by atoms with van der Waals surface area (Å²) in [5.41, 5.74) is 0.544. The third-order valence-electron chi connectivity index (χ3n) is 4.76. The normalized spacial score (nSPS) is 10.7. The quantitative estimate of drug-likeness (QED) is 0.742. The van der Waals surface area contributed by atoms with Crippen LogP contribution >= 0.6 is 0 Å². The number of amides is 2. The molecule has 2 aromatic carbocycles. The first-order chi connectivity index (χ1) is 13.5. The van der Waals surface area contributed by atoms with Crippen LogP contribution in [0.5, 0.6) is 0 Å². The van der Waals surface area contributed by atoms with E-state index in [1.54, 1.807) is 24.1 Å². The number of nitrogens with one attached hydrogen (secondary N) is 1. The van der Waals surface area contributed by atoms with Crippen LogP contribution in [0.15, 0.2) is 59.5 Å². The SMILES string of the molecule is CCN(CC)C(=O)c1cc(NC(=O)c2cccc3ccccc23)c(=O)n(C)c1. The minimum atomic E-state index is -0.388. The number of carbonyl (C=O) groups excluding carboxylic acids is 2. The van der Waals surface area contributed by atoms with Crippen molar-refractivity contribution in [2.45, 2.75) is 13.8 Å². The van der Waals surface area contributed by atoms with Crippen LogP contribution in [0.1, 0.15) is 34.6 Å². The van der Waals surface area contributed by atoms with Gasteiger partial charge in [0.25, 0.3) is 17.4 Å². The maximum atomic E-state index is 12.9. The number of anilines is 1. The van der Waals surface area contributed by atoms with E-state index in [2.05, 4.69) is 5.32 Å². The van der Waals surface area contributed by atoms with E-state index in [0.29, 0.717) is 24.2 Å². The van der Waals surface area contributed by atoms with Gasteiger partial charge in [-0.05, 0) is 36.8 Å². The Morgan fingerprint density at radius 1 is 1.04 bits per heavy atom. The molecule has 0 fully saturated rings. The Labute approximate surface area is 163 Å². The lowest BCUT2D eigenvalue weighted by Crippen LogP contribution is -2.32. The number of carbonyl (C=O) groups is 2. The first kappa shape index (κ1) is 19.4. The maximum absolute atomic E-state index is 12.9. The van der Waals surface area contributed by atoms with Gasteiger partial charge in [-0.1, -0.05) is 36.4 Å². The van der Waals surface area contributed by atoms with Gasteiger partial charge in [-0.3, -0.25) is 14.4 Å². The summed E-state index contributed by atoms with van der Waals surface area (Å²) in [6.07, 6.45) is 1.50. The highest BCUT2D eigenvalue weighted by atomic mass is 16.2. The van der Waals surface area contributed by atoms with Crippen LogP contribution in [0.2, 0.25) is 0 Å². The average molecular weight is 377 g/mol. The van der Waals surface area contributed by atoms with E-state index < -0.39 is 0 Å². The van der Waals surface area contributed by atoms with Crippen molar-refractivity contribution in [3.63, 3.8) is 0 Å². The molecule has 2 amide bonds. The molecule has 28 heavy (non-hydrogen) atoms. The first-order valence-electron chi connectivity index (χ1n) is 9.25. The topological polar surface area (TPSA) is 71.4 Å². The highest BCUT2D eigenvalue weighted by Gasteiger charge is 2.18. The summed E-state index contributed by atoms with van der Waals surface area (Å²) in [5.74, 6) is -0.567. The van der Waals surface area contributed by atoms with E-state index in [-0.39, 0.29) is 23.1 Å². The first-order valence-corrected chi connectivity index (χ1v) is 9.25. The van der Waals surface area contributed by atoms with Crippen LogP contribution in [-0.2, 0) is 7.05 Å². The van der Waals surface area contributed by atoms with E-state index in [0.717, 1.165) is 10.8 Å². The lowest BCUT2D eigenvalue weighted by Gasteiger charge is -2.19. The van der Waals surface area contributed by atoms with Gasteiger partial charge in [0.1, 0.15) is 5.69 Å². The van der Waals surface area contributed by atoms with E-state index >= 15 is 0 Å². The third kappa shape index (κ3) is 3.67. The minimum Gasteiger partial charge on any atom is -0.339 e. The van der Waals surface area contributed by atoms with Gasteiger partial charge in [0.15, 0.2) is 0 Å². The number of pyridine rings is 1. The highest BCUT2D eigenvalue weighted by Crippen LogP contribution is 2.19. The molecular weight excluding hydrogens is 354 g/mol. The molecular formula is C22H23N3O3. The molecule has 0 saturated heterocycles. The van der Waals surface area contributed by atoms with E-state index in [4.69, 9.17) is 0 Å². The van der Waals surface area contributed by atoms with Gasteiger partial charge in [0.05, 0.1) is 5.56 Å². The number of hydrogen-bond donors (Lipinski definition) is 1. The van der Waals surface area contributed by atoms with Crippen LogP contribution < -0.4 is 10.9 Å². The van der Waals surface area contributed by atoms with E-state index in [1.807, 2.05) is 44.2 Å². The summed E-state index contributed by atoms with van der Waals surface area (Å²) in [6, 6.07) is 14.4. The van der Waals surface area contributed by atoms with Crippen molar-refractivity contribution in [1.82, 2.24) is 9.47 Å². The van der Waals surface area contributed by atoms with Crippen molar-refractivity contribution in [3.05, 3.63) is 76.2 Å². The predicted molar refractivity (Wildman–Crippen MR) is 111 cm³/mol. The molecule has 0 aliphatic rings. The summed E-state index contributed by atoms with van der Waals surface area (Å²) in [4.78, 5) is 39.7. The number of benzene rings is 2. The molecule has 3 rings (SSSR count). The zero-order chi connectivity index (χ0) is 20.3. The number of nitrogens with zero attached hydrogens (tertiary/aromatic N) is 2. The van der Waals surface area contributed by atoms with Crippen molar-refractivity contribution in [3.8, 4) is 0 Å². The standard InChI is InChI=1S/C22H23N3O3/c1-4-25(5-2)21(27)16-13-19(22(28)24(3)14-16)23-20(26)18-12-8-10-15-9-6-7-11-17(15)18/h6-14H,4-5H2,1-3H3,(H,23,26). The summed E-state index contributed by atoms with van der Waals surface area (Å²) < 4.78 is 1.31. The molecule has 0 saturated carbocycles. The van der Waals surface area contributed by atoms with Gasteiger partial charge in [-0.25, -0.2) is 0 Å². The smallest absolute Gasteiger partial charge is 0.274 e. The molecule has 0 aliphatic heterocycles. The van der Waals surface area contributed by atoms with Crippen molar-refractivity contribution in [2.24, 2.45) is 7.05 Å². The molecule has 0 atom stereocenters. The minimum absolute atomic E-state index is 0.0819. The molecule has 0 bridgehead atoms. The zero-order valence-electron chi connectivity index (χ0n) is 16.2. The summed E-state index contributed by atoms with van der Waals surface area (Å²) >= 11 is 0. The molecule has 6 nitrogen and oxygen atoms in total. The van der Waals surface area contributed by atoms with Crippen molar-refractivity contribution in [2.75, 3.05) is 18.4 Å². The second-order valence-corrected chi connectivity index (χ2v) is 6.52. The molecule has 144 valence electrons. The summed E-state index contributed by atoms with van der Waals surface area (Å²) in [7, 11) is 1.56. The Bertz CT molecular complexity index is 1090. The maximum Gasteiger partial charge on any atom is 0.274 e. The molecule has 1 heterocycles. The van der Waals surface area contributed by atoms with Crippen LogP contribution in [0.4, 0.5) is 5.69 Å². The van der Waals surface area contributed by atoms with Gasteiger partial charge >= 0.3 is 0 Å². The Balaban J connectivity index is 1.98. The lowest BCUT2D eigenvalue weighted by molar-refractivity contribution is 0.0771. The number of hydrogen-bond acceptors (Lipinski definition) is 3. The van der Waals surface area contributed by atoms with Crippen LogP contribution in [0.25, 0.3) is 10.8 Å². The molecule has 0 radical (unpaired) electrons.